The number of sulfonamides is 1. The molecule has 0 N–H and O–H groups in total. The van der Waals surface area contributed by atoms with Crippen molar-refractivity contribution in [1.82, 2.24) is 9.21 Å². The summed E-state index contributed by atoms with van der Waals surface area (Å²) in [5.74, 6) is 0.828. The van der Waals surface area contributed by atoms with Gasteiger partial charge in [-0.05, 0) is 67.9 Å². The number of amides is 1. The highest BCUT2D eigenvalue weighted by molar-refractivity contribution is 7.89. The molecule has 0 spiro atoms. The standard InChI is InChI=1S/C24H25FN2O6S/c1-17(2)27(34(29,30)21-8-6-19(25)7-9-21)15-24(28)26(14-20-4-3-11-31-20)13-18-5-10-22-23(12-18)33-16-32-22/h3-12,17H,13-16H2,1-2H3. The van der Waals surface area contributed by atoms with Crippen LogP contribution in [0.1, 0.15) is 25.2 Å². The highest BCUT2D eigenvalue weighted by Gasteiger charge is 2.31. The largest absolute Gasteiger partial charge is 0.467 e. The molecule has 1 aliphatic heterocycles. The number of hydrogen-bond donors (Lipinski definition) is 0. The van der Waals surface area contributed by atoms with E-state index in [-0.39, 0.29) is 31.3 Å². The quantitative estimate of drug-likeness (QED) is 0.456. The zero-order chi connectivity index (χ0) is 24.3. The van der Waals surface area contributed by atoms with Crippen molar-refractivity contribution in [3.05, 3.63) is 78.0 Å². The topological polar surface area (TPSA) is 89.3 Å². The van der Waals surface area contributed by atoms with Crippen LogP contribution >= 0.6 is 0 Å². The van der Waals surface area contributed by atoms with Crippen LogP contribution in [0.2, 0.25) is 0 Å². The molecule has 0 atom stereocenters. The van der Waals surface area contributed by atoms with Crippen molar-refractivity contribution in [3.8, 4) is 11.5 Å². The lowest BCUT2D eigenvalue weighted by Gasteiger charge is -2.29. The van der Waals surface area contributed by atoms with E-state index < -0.39 is 27.8 Å². The summed E-state index contributed by atoms with van der Waals surface area (Å²) >= 11 is 0. The van der Waals surface area contributed by atoms with Crippen molar-refractivity contribution < 1.29 is 31.5 Å². The maximum atomic E-state index is 13.4. The molecule has 8 nitrogen and oxygen atoms in total. The van der Waals surface area contributed by atoms with E-state index >= 15 is 0 Å². The van der Waals surface area contributed by atoms with Crippen molar-refractivity contribution >= 4 is 15.9 Å². The molecule has 1 aromatic heterocycles. The van der Waals surface area contributed by atoms with Crippen LogP contribution in [0, 0.1) is 5.82 Å². The van der Waals surface area contributed by atoms with Gasteiger partial charge in [0.05, 0.1) is 24.2 Å². The van der Waals surface area contributed by atoms with Crippen LogP contribution in [0.15, 0.2) is 70.2 Å². The molecule has 0 radical (unpaired) electrons. The van der Waals surface area contributed by atoms with Crippen molar-refractivity contribution in [2.45, 2.75) is 37.9 Å². The van der Waals surface area contributed by atoms with E-state index in [0.717, 1.165) is 22.0 Å². The summed E-state index contributed by atoms with van der Waals surface area (Å²) in [4.78, 5) is 14.9. The molecule has 1 amide bonds. The van der Waals surface area contributed by atoms with E-state index in [1.165, 1.54) is 23.3 Å². The Hall–Kier alpha value is -3.37. The Morgan fingerprint density at radius 3 is 2.44 bits per heavy atom. The Kier molecular flexibility index (Phi) is 6.90. The number of rotatable bonds is 9. The second-order valence-corrected chi connectivity index (χ2v) is 10.0. The van der Waals surface area contributed by atoms with Gasteiger partial charge in [0.1, 0.15) is 11.6 Å². The third-order valence-corrected chi connectivity index (χ3v) is 7.41. The third kappa shape index (κ3) is 5.23. The van der Waals surface area contributed by atoms with Gasteiger partial charge in [-0.15, -0.1) is 0 Å². The molecule has 1 aliphatic rings. The van der Waals surface area contributed by atoms with Crippen LogP contribution in [0.5, 0.6) is 11.5 Å². The molecule has 0 unspecified atom stereocenters. The van der Waals surface area contributed by atoms with Crippen LogP contribution in [-0.2, 0) is 27.9 Å². The van der Waals surface area contributed by atoms with E-state index in [1.54, 1.807) is 38.1 Å². The van der Waals surface area contributed by atoms with Gasteiger partial charge >= 0.3 is 0 Å². The summed E-state index contributed by atoms with van der Waals surface area (Å²) in [6.45, 7) is 3.48. The normalized spacial score (nSPS) is 13.0. The predicted octanol–water partition coefficient (Wildman–Crippen LogP) is 3.78. The molecule has 0 bridgehead atoms. The minimum Gasteiger partial charge on any atom is -0.467 e. The number of benzene rings is 2. The van der Waals surface area contributed by atoms with Crippen molar-refractivity contribution in [1.29, 1.82) is 0 Å². The Morgan fingerprint density at radius 2 is 1.76 bits per heavy atom. The van der Waals surface area contributed by atoms with Crippen molar-refractivity contribution in [2.75, 3.05) is 13.3 Å². The first-order valence-corrected chi connectivity index (χ1v) is 12.1. The average Bonchev–Trinajstić information content (AvgIpc) is 3.48. The van der Waals surface area contributed by atoms with Crippen molar-refractivity contribution in [3.63, 3.8) is 0 Å². The van der Waals surface area contributed by atoms with E-state index in [4.69, 9.17) is 13.9 Å². The van der Waals surface area contributed by atoms with Crippen LogP contribution in [0.3, 0.4) is 0 Å². The zero-order valence-electron chi connectivity index (χ0n) is 18.8. The minimum absolute atomic E-state index is 0.0799. The highest BCUT2D eigenvalue weighted by Crippen LogP contribution is 2.33. The molecule has 0 saturated carbocycles. The van der Waals surface area contributed by atoms with Gasteiger partial charge < -0.3 is 18.8 Å². The second kappa shape index (κ2) is 9.86. The summed E-state index contributed by atoms with van der Waals surface area (Å²) in [5.41, 5.74) is 0.793. The summed E-state index contributed by atoms with van der Waals surface area (Å²) in [6.07, 6.45) is 1.51. The van der Waals surface area contributed by atoms with Gasteiger partial charge in [-0.25, -0.2) is 12.8 Å². The zero-order valence-corrected chi connectivity index (χ0v) is 19.6. The van der Waals surface area contributed by atoms with Crippen LogP contribution in [-0.4, -0.2) is 42.9 Å². The van der Waals surface area contributed by atoms with Gasteiger partial charge in [0.2, 0.25) is 22.7 Å². The summed E-state index contributed by atoms with van der Waals surface area (Å²) in [7, 11) is -4.03. The number of carbonyl (C=O) groups is 1. The predicted molar refractivity (Wildman–Crippen MR) is 121 cm³/mol. The van der Waals surface area contributed by atoms with Crippen molar-refractivity contribution in [2.24, 2.45) is 0 Å². The lowest BCUT2D eigenvalue weighted by atomic mass is 10.2. The van der Waals surface area contributed by atoms with Gasteiger partial charge in [-0.3, -0.25) is 4.79 Å². The third-order valence-electron chi connectivity index (χ3n) is 5.38. The van der Waals surface area contributed by atoms with Gasteiger partial charge in [0.25, 0.3) is 0 Å². The second-order valence-electron chi connectivity index (χ2n) is 8.11. The van der Waals surface area contributed by atoms with Crippen LogP contribution in [0.4, 0.5) is 4.39 Å². The summed E-state index contributed by atoms with van der Waals surface area (Å²) in [6, 6.07) is 12.9. The SMILES string of the molecule is CC(C)N(CC(=O)N(Cc1ccc2c(c1)OCO2)Cc1ccco1)S(=O)(=O)c1ccc(F)cc1. The first kappa shape index (κ1) is 23.8. The molecule has 180 valence electrons. The number of halogens is 1. The van der Waals surface area contributed by atoms with E-state index in [1.807, 2.05) is 6.07 Å². The van der Waals surface area contributed by atoms with E-state index in [2.05, 4.69) is 0 Å². The number of nitrogens with zero attached hydrogens (tertiary/aromatic N) is 2. The molecule has 0 aliphatic carbocycles. The van der Waals surface area contributed by atoms with Gasteiger partial charge in [0, 0.05) is 12.6 Å². The molecule has 2 aromatic carbocycles. The lowest BCUT2D eigenvalue weighted by Crippen LogP contribution is -2.45. The molecular formula is C24H25FN2O6S. The van der Waals surface area contributed by atoms with Crippen LogP contribution < -0.4 is 9.47 Å². The molecule has 10 heteroatoms. The molecular weight excluding hydrogens is 463 g/mol. The maximum absolute atomic E-state index is 13.4. The molecule has 4 rings (SSSR count). The van der Waals surface area contributed by atoms with Gasteiger partial charge in [-0.1, -0.05) is 6.07 Å². The Labute approximate surface area is 197 Å². The maximum Gasteiger partial charge on any atom is 0.243 e. The van der Waals surface area contributed by atoms with Gasteiger partial charge in [-0.2, -0.15) is 4.31 Å². The monoisotopic (exact) mass is 488 g/mol. The fraction of sp³-hybridized carbons (Fsp3) is 0.292. The number of hydrogen-bond acceptors (Lipinski definition) is 6. The molecule has 0 fully saturated rings. The fourth-order valence-corrected chi connectivity index (χ4v) is 5.19. The van der Waals surface area contributed by atoms with Crippen LogP contribution in [0.25, 0.3) is 0 Å². The number of fused-ring (bicyclic) bond motifs is 1. The van der Waals surface area contributed by atoms with Gasteiger partial charge in [0.15, 0.2) is 11.5 Å². The number of carbonyl (C=O) groups excluding carboxylic acids is 1. The lowest BCUT2D eigenvalue weighted by molar-refractivity contribution is -0.133. The highest BCUT2D eigenvalue weighted by atomic mass is 32.2. The fourth-order valence-electron chi connectivity index (χ4n) is 3.60. The molecule has 3 aromatic rings. The first-order valence-electron chi connectivity index (χ1n) is 10.7. The summed E-state index contributed by atoms with van der Waals surface area (Å²) in [5, 5.41) is 0. The van der Waals surface area contributed by atoms with E-state index in [9.17, 15) is 17.6 Å². The minimum atomic E-state index is -4.03. The van der Waals surface area contributed by atoms with E-state index in [0.29, 0.717) is 17.3 Å². The molecule has 0 saturated heterocycles. The Morgan fingerprint density at radius 1 is 1.03 bits per heavy atom. The summed E-state index contributed by atoms with van der Waals surface area (Å²) < 4.78 is 57.1. The smallest absolute Gasteiger partial charge is 0.243 e. The molecule has 2 heterocycles. The molecule has 34 heavy (non-hydrogen) atoms. The Balaban J connectivity index is 1.58. The number of ether oxygens (including phenoxy) is 2. The average molecular weight is 489 g/mol. The Bertz CT molecular complexity index is 1240. The first-order chi connectivity index (χ1) is 16.2. The number of furan rings is 1.